The van der Waals surface area contributed by atoms with Gasteiger partial charge in [-0.25, -0.2) is 4.79 Å². The van der Waals surface area contributed by atoms with Crippen LogP contribution in [-0.2, 0) is 9.53 Å². The number of carbonyl (C=O) groups excluding carboxylic acids is 1. The van der Waals surface area contributed by atoms with E-state index < -0.39 is 17.7 Å². The summed E-state index contributed by atoms with van der Waals surface area (Å²) < 4.78 is 45.7. The third-order valence-electron chi connectivity index (χ3n) is 1.54. The smallest absolute Gasteiger partial charge is 0.423 e. The van der Waals surface area contributed by atoms with Crippen molar-refractivity contribution in [3.63, 3.8) is 0 Å². The SMILES string of the molecule is COC(=O)C(=Cc1ccco1)C(F)(F)F. The van der Waals surface area contributed by atoms with E-state index in [1.54, 1.807) is 0 Å². The summed E-state index contributed by atoms with van der Waals surface area (Å²) in [6.07, 6.45) is -2.97. The maximum absolute atomic E-state index is 12.3. The minimum atomic E-state index is -4.76. The van der Waals surface area contributed by atoms with Crippen molar-refractivity contribution in [1.29, 1.82) is 0 Å². The number of halogens is 3. The van der Waals surface area contributed by atoms with Crippen molar-refractivity contribution in [2.45, 2.75) is 6.18 Å². The molecule has 3 nitrogen and oxygen atoms in total. The van der Waals surface area contributed by atoms with Crippen LogP contribution >= 0.6 is 0 Å². The molecule has 0 saturated heterocycles. The fourth-order valence-electron chi connectivity index (χ4n) is 0.882. The fourth-order valence-corrected chi connectivity index (χ4v) is 0.882. The number of methoxy groups -OCH3 is 1. The zero-order chi connectivity index (χ0) is 11.5. The predicted octanol–water partition coefficient (Wildman–Crippen LogP) is 2.40. The van der Waals surface area contributed by atoms with Crippen LogP contribution in [0.1, 0.15) is 5.76 Å². The summed E-state index contributed by atoms with van der Waals surface area (Å²) in [5, 5.41) is 0. The molecule has 0 aliphatic heterocycles. The summed E-state index contributed by atoms with van der Waals surface area (Å²) in [6, 6.07) is 2.71. The number of carbonyl (C=O) groups is 1. The predicted molar refractivity (Wildman–Crippen MR) is 44.8 cm³/mol. The standard InChI is InChI=1S/C9H7F3O3/c1-14-8(13)7(9(10,11)12)5-6-3-2-4-15-6/h2-5H,1H3. The van der Waals surface area contributed by atoms with Crippen molar-refractivity contribution >= 4 is 12.0 Å². The van der Waals surface area contributed by atoms with Gasteiger partial charge in [-0.1, -0.05) is 0 Å². The lowest BCUT2D eigenvalue weighted by Crippen LogP contribution is -2.20. The number of furan rings is 1. The van der Waals surface area contributed by atoms with Gasteiger partial charge in [0.1, 0.15) is 11.3 Å². The van der Waals surface area contributed by atoms with Crippen molar-refractivity contribution in [1.82, 2.24) is 0 Å². The lowest BCUT2D eigenvalue weighted by molar-refractivity contribution is -0.147. The van der Waals surface area contributed by atoms with Gasteiger partial charge in [-0.3, -0.25) is 0 Å². The molecule has 1 heterocycles. The molecule has 1 rings (SSSR count). The van der Waals surface area contributed by atoms with E-state index in [0.717, 1.165) is 7.11 Å². The summed E-state index contributed by atoms with van der Waals surface area (Å²) >= 11 is 0. The van der Waals surface area contributed by atoms with Gasteiger partial charge in [0.15, 0.2) is 0 Å². The van der Waals surface area contributed by atoms with Gasteiger partial charge < -0.3 is 9.15 Å². The van der Waals surface area contributed by atoms with Crippen LogP contribution in [0.15, 0.2) is 28.4 Å². The molecule has 15 heavy (non-hydrogen) atoms. The molecule has 6 heteroatoms. The number of rotatable bonds is 2. The second-order valence-corrected chi connectivity index (χ2v) is 2.56. The molecule has 0 bridgehead atoms. The van der Waals surface area contributed by atoms with E-state index in [4.69, 9.17) is 0 Å². The Hall–Kier alpha value is -1.72. The highest BCUT2D eigenvalue weighted by Crippen LogP contribution is 2.28. The van der Waals surface area contributed by atoms with Crippen molar-refractivity contribution in [3.05, 3.63) is 29.7 Å². The van der Waals surface area contributed by atoms with Crippen LogP contribution in [0.4, 0.5) is 13.2 Å². The molecule has 0 aliphatic carbocycles. The summed E-state index contributed by atoms with van der Waals surface area (Å²) in [4.78, 5) is 10.8. The lowest BCUT2D eigenvalue weighted by Gasteiger charge is -2.08. The Morgan fingerprint density at radius 3 is 2.60 bits per heavy atom. The average molecular weight is 220 g/mol. The van der Waals surface area contributed by atoms with Gasteiger partial charge in [-0.15, -0.1) is 0 Å². The first kappa shape index (κ1) is 11.4. The maximum atomic E-state index is 12.3. The fraction of sp³-hybridized carbons (Fsp3) is 0.222. The third kappa shape index (κ3) is 2.87. The van der Waals surface area contributed by atoms with Gasteiger partial charge in [0, 0.05) is 6.08 Å². The van der Waals surface area contributed by atoms with E-state index in [1.807, 2.05) is 0 Å². The Morgan fingerprint density at radius 1 is 1.53 bits per heavy atom. The topological polar surface area (TPSA) is 39.4 Å². The van der Waals surface area contributed by atoms with Crippen LogP contribution in [0.25, 0.3) is 6.08 Å². The number of alkyl halides is 3. The molecule has 82 valence electrons. The van der Waals surface area contributed by atoms with E-state index in [1.165, 1.54) is 18.4 Å². The molecular formula is C9H7F3O3. The van der Waals surface area contributed by atoms with Crippen molar-refractivity contribution in [2.75, 3.05) is 7.11 Å². The van der Waals surface area contributed by atoms with Crippen LogP contribution in [0.5, 0.6) is 0 Å². The molecule has 1 aromatic heterocycles. The first-order chi connectivity index (χ1) is 6.95. The quantitative estimate of drug-likeness (QED) is 0.567. The van der Waals surface area contributed by atoms with Crippen LogP contribution in [-0.4, -0.2) is 19.3 Å². The van der Waals surface area contributed by atoms with Gasteiger partial charge in [0.2, 0.25) is 0 Å². The van der Waals surface area contributed by atoms with Gasteiger partial charge in [0.25, 0.3) is 0 Å². The Balaban J connectivity index is 3.07. The largest absolute Gasteiger partial charge is 0.465 e. The average Bonchev–Trinajstić information content (AvgIpc) is 2.63. The monoisotopic (exact) mass is 220 g/mol. The number of hydrogen-bond acceptors (Lipinski definition) is 3. The molecule has 0 amide bonds. The Kier molecular flexibility index (Phi) is 3.18. The molecule has 0 radical (unpaired) electrons. The molecule has 0 unspecified atom stereocenters. The Morgan fingerprint density at radius 2 is 2.20 bits per heavy atom. The van der Waals surface area contributed by atoms with E-state index in [0.29, 0.717) is 6.08 Å². The second-order valence-electron chi connectivity index (χ2n) is 2.56. The van der Waals surface area contributed by atoms with Gasteiger partial charge >= 0.3 is 12.1 Å². The molecule has 0 saturated carbocycles. The molecule has 0 aliphatic rings. The lowest BCUT2D eigenvalue weighted by atomic mass is 10.2. The second kappa shape index (κ2) is 4.20. The maximum Gasteiger partial charge on any atom is 0.423 e. The molecule has 0 fully saturated rings. The van der Waals surface area contributed by atoms with E-state index >= 15 is 0 Å². The molecular weight excluding hydrogens is 213 g/mol. The molecule has 0 aromatic carbocycles. The van der Waals surface area contributed by atoms with Gasteiger partial charge in [0.05, 0.1) is 13.4 Å². The van der Waals surface area contributed by atoms with Crippen LogP contribution < -0.4 is 0 Å². The first-order valence-corrected chi connectivity index (χ1v) is 3.86. The molecule has 0 N–H and O–H groups in total. The highest BCUT2D eigenvalue weighted by Gasteiger charge is 2.39. The van der Waals surface area contributed by atoms with Crippen molar-refractivity contribution in [3.8, 4) is 0 Å². The highest BCUT2D eigenvalue weighted by atomic mass is 19.4. The van der Waals surface area contributed by atoms with Crippen LogP contribution in [0.3, 0.4) is 0 Å². The van der Waals surface area contributed by atoms with E-state index in [2.05, 4.69) is 9.15 Å². The van der Waals surface area contributed by atoms with Gasteiger partial charge in [-0.05, 0) is 12.1 Å². The molecule has 0 spiro atoms. The molecule has 0 atom stereocenters. The number of esters is 1. The van der Waals surface area contributed by atoms with Crippen molar-refractivity contribution < 1.29 is 27.1 Å². The zero-order valence-corrected chi connectivity index (χ0v) is 7.67. The zero-order valence-electron chi connectivity index (χ0n) is 7.67. The van der Waals surface area contributed by atoms with Crippen molar-refractivity contribution in [2.24, 2.45) is 0 Å². The van der Waals surface area contributed by atoms with Crippen LogP contribution in [0.2, 0.25) is 0 Å². The van der Waals surface area contributed by atoms with Gasteiger partial charge in [-0.2, -0.15) is 13.2 Å². The minimum absolute atomic E-state index is 0.0623. The first-order valence-electron chi connectivity index (χ1n) is 3.86. The van der Waals surface area contributed by atoms with Crippen LogP contribution in [0, 0.1) is 0 Å². The Bertz CT molecular complexity index is 362. The minimum Gasteiger partial charge on any atom is -0.465 e. The number of hydrogen-bond donors (Lipinski definition) is 0. The summed E-state index contributed by atoms with van der Waals surface area (Å²) in [5.41, 5.74) is -1.40. The third-order valence-corrected chi connectivity index (χ3v) is 1.54. The number of ether oxygens (including phenoxy) is 1. The Labute approximate surface area is 83.1 Å². The summed E-state index contributed by atoms with van der Waals surface area (Å²) in [7, 11) is 0.879. The van der Waals surface area contributed by atoms with E-state index in [-0.39, 0.29) is 5.76 Å². The van der Waals surface area contributed by atoms with E-state index in [9.17, 15) is 18.0 Å². The molecule has 1 aromatic rings. The highest BCUT2D eigenvalue weighted by molar-refractivity contribution is 5.94. The summed E-state index contributed by atoms with van der Waals surface area (Å²) in [6.45, 7) is 0. The summed E-state index contributed by atoms with van der Waals surface area (Å²) in [5.74, 6) is -1.51. The normalized spacial score (nSPS) is 12.7.